The standard InChI is InChI=1S/C16H16O5/c1-3-19-13-7-5-11-9-12(6-8-15(17)20-4-2)16(18)21-14(11)10-13/h5-10H,3-4H2,1-2H3/b8-6+. The number of fused-ring (bicyclic) bond motifs is 1. The van der Waals surface area contributed by atoms with Crippen molar-refractivity contribution in [1.82, 2.24) is 0 Å². The van der Waals surface area contributed by atoms with Gasteiger partial charge in [-0.05, 0) is 38.1 Å². The minimum absolute atomic E-state index is 0.287. The van der Waals surface area contributed by atoms with Crippen LogP contribution in [0.15, 0.2) is 39.6 Å². The first kappa shape index (κ1) is 14.8. The van der Waals surface area contributed by atoms with E-state index in [2.05, 4.69) is 0 Å². The summed E-state index contributed by atoms with van der Waals surface area (Å²) < 4.78 is 15.3. The summed E-state index contributed by atoms with van der Waals surface area (Å²) in [6.45, 7) is 4.42. The highest BCUT2D eigenvalue weighted by Gasteiger charge is 2.05. The van der Waals surface area contributed by atoms with E-state index in [0.29, 0.717) is 23.5 Å². The van der Waals surface area contributed by atoms with Gasteiger partial charge in [0.2, 0.25) is 0 Å². The summed E-state index contributed by atoms with van der Waals surface area (Å²) in [4.78, 5) is 23.1. The summed E-state index contributed by atoms with van der Waals surface area (Å²) in [5.74, 6) is 0.145. The number of carbonyl (C=O) groups excluding carboxylic acids is 1. The van der Waals surface area contributed by atoms with Crippen molar-refractivity contribution < 1.29 is 18.7 Å². The molecular weight excluding hydrogens is 272 g/mol. The molecule has 21 heavy (non-hydrogen) atoms. The highest BCUT2D eigenvalue weighted by molar-refractivity contribution is 5.88. The van der Waals surface area contributed by atoms with E-state index in [1.807, 2.05) is 6.92 Å². The van der Waals surface area contributed by atoms with Crippen LogP contribution in [-0.4, -0.2) is 19.2 Å². The Morgan fingerprint density at radius 1 is 1.24 bits per heavy atom. The molecule has 1 heterocycles. The average molecular weight is 288 g/mol. The van der Waals surface area contributed by atoms with E-state index in [1.165, 1.54) is 12.2 Å². The normalized spacial score (nSPS) is 11.0. The molecule has 1 aromatic carbocycles. The summed E-state index contributed by atoms with van der Waals surface area (Å²) in [5.41, 5.74) is 0.218. The first-order valence-corrected chi connectivity index (χ1v) is 6.69. The summed E-state index contributed by atoms with van der Waals surface area (Å²) in [6.07, 6.45) is 2.59. The molecule has 0 saturated heterocycles. The summed E-state index contributed by atoms with van der Waals surface area (Å²) >= 11 is 0. The Hall–Kier alpha value is -2.56. The van der Waals surface area contributed by atoms with Crippen molar-refractivity contribution >= 4 is 23.0 Å². The Morgan fingerprint density at radius 2 is 2.05 bits per heavy atom. The Balaban J connectivity index is 2.35. The monoisotopic (exact) mass is 288 g/mol. The van der Waals surface area contributed by atoms with Crippen LogP contribution in [0.25, 0.3) is 17.0 Å². The zero-order valence-electron chi connectivity index (χ0n) is 11.9. The van der Waals surface area contributed by atoms with E-state index in [-0.39, 0.29) is 6.61 Å². The fraction of sp³-hybridized carbons (Fsp3) is 0.250. The number of benzene rings is 1. The predicted octanol–water partition coefficient (Wildman–Crippen LogP) is 2.77. The number of hydrogen-bond donors (Lipinski definition) is 0. The van der Waals surface area contributed by atoms with Gasteiger partial charge in [-0.25, -0.2) is 9.59 Å². The zero-order chi connectivity index (χ0) is 15.2. The molecule has 0 N–H and O–H groups in total. The first-order chi connectivity index (χ1) is 10.1. The minimum Gasteiger partial charge on any atom is -0.494 e. The molecule has 1 aromatic heterocycles. The van der Waals surface area contributed by atoms with Gasteiger partial charge in [-0.3, -0.25) is 0 Å². The van der Waals surface area contributed by atoms with Crippen LogP contribution in [0.5, 0.6) is 5.75 Å². The number of esters is 1. The van der Waals surface area contributed by atoms with E-state index in [9.17, 15) is 9.59 Å². The third-order valence-corrected chi connectivity index (χ3v) is 2.73. The van der Waals surface area contributed by atoms with E-state index in [4.69, 9.17) is 13.9 Å². The van der Waals surface area contributed by atoms with Gasteiger partial charge in [0, 0.05) is 17.5 Å². The zero-order valence-corrected chi connectivity index (χ0v) is 11.9. The molecule has 0 fully saturated rings. The molecule has 110 valence electrons. The lowest BCUT2D eigenvalue weighted by atomic mass is 10.1. The van der Waals surface area contributed by atoms with Crippen LogP contribution >= 0.6 is 0 Å². The molecule has 0 radical (unpaired) electrons. The lowest BCUT2D eigenvalue weighted by Crippen LogP contribution is -2.04. The second kappa shape index (κ2) is 6.74. The van der Waals surface area contributed by atoms with Gasteiger partial charge >= 0.3 is 11.6 Å². The average Bonchev–Trinajstić information content (AvgIpc) is 2.46. The Kier molecular flexibility index (Phi) is 4.77. The highest BCUT2D eigenvalue weighted by Crippen LogP contribution is 2.20. The molecule has 2 aromatic rings. The van der Waals surface area contributed by atoms with Crippen molar-refractivity contribution in [2.75, 3.05) is 13.2 Å². The van der Waals surface area contributed by atoms with Crippen LogP contribution in [0.2, 0.25) is 0 Å². The van der Waals surface area contributed by atoms with Gasteiger partial charge < -0.3 is 13.9 Å². The van der Waals surface area contributed by atoms with Crippen molar-refractivity contribution in [2.24, 2.45) is 0 Å². The molecule has 5 nitrogen and oxygen atoms in total. The van der Waals surface area contributed by atoms with Crippen LogP contribution in [0.4, 0.5) is 0 Å². The van der Waals surface area contributed by atoms with Crippen LogP contribution in [0.3, 0.4) is 0 Å². The Bertz CT molecular complexity index is 727. The van der Waals surface area contributed by atoms with Crippen molar-refractivity contribution in [3.8, 4) is 5.75 Å². The van der Waals surface area contributed by atoms with E-state index >= 15 is 0 Å². The maximum absolute atomic E-state index is 11.9. The molecule has 0 saturated carbocycles. The molecule has 5 heteroatoms. The maximum Gasteiger partial charge on any atom is 0.343 e. The van der Waals surface area contributed by atoms with Gasteiger partial charge in [0.1, 0.15) is 11.3 Å². The van der Waals surface area contributed by atoms with Gasteiger partial charge in [0.25, 0.3) is 0 Å². The lowest BCUT2D eigenvalue weighted by Gasteiger charge is -2.04. The van der Waals surface area contributed by atoms with Gasteiger partial charge in [-0.1, -0.05) is 0 Å². The SMILES string of the molecule is CCOC(=O)/C=C/c1cc2ccc(OCC)cc2oc1=O. The third-order valence-electron chi connectivity index (χ3n) is 2.73. The van der Waals surface area contributed by atoms with Crippen LogP contribution < -0.4 is 10.4 Å². The van der Waals surface area contributed by atoms with Crippen LogP contribution in [0, 0.1) is 0 Å². The number of rotatable bonds is 5. The molecule has 0 aliphatic rings. The summed E-state index contributed by atoms with van der Waals surface area (Å²) in [5, 5.41) is 0.751. The van der Waals surface area contributed by atoms with Crippen molar-refractivity contribution in [1.29, 1.82) is 0 Å². The third kappa shape index (κ3) is 3.72. The Morgan fingerprint density at radius 3 is 2.76 bits per heavy atom. The lowest BCUT2D eigenvalue weighted by molar-refractivity contribution is -0.137. The molecule has 0 unspecified atom stereocenters. The fourth-order valence-electron chi connectivity index (χ4n) is 1.83. The predicted molar refractivity (Wildman–Crippen MR) is 79.3 cm³/mol. The summed E-state index contributed by atoms with van der Waals surface area (Å²) in [6, 6.07) is 6.92. The number of carbonyl (C=O) groups is 1. The Labute approximate surface area is 121 Å². The van der Waals surface area contributed by atoms with Gasteiger partial charge in [-0.2, -0.15) is 0 Å². The quantitative estimate of drug-likeness (QED) is 0.481. The number of ether oxygens (including phenoxy) is 2. The molecule has 0 aliphatic carbocycles. The van der Waals surface area contributed by atoms with Gasteiger partial charge in [-0.15, -0.1) is 0 Å². The van der Waals surface area contributed by atoms with Crippen molar-refractivity contribution in [3.63, 3.8) is 0 Å². The maximum atomic E-state index is 11.9. The number of hydrogen-bond acceptors (Lipinski definition) is 5. The van der Waals surface area contributed by atoms with Crippen molar-refractivity contribution in [3.05, 3.63) is 46.3 Å². The smallest absolute Gasteiger partial charge is 0.343 e. The topological polar surface area (TPSA) is 65.7 Å². The van der Waals surface area contributed by atoms with E-state index in [1.54, 1.807) is 31.2 Å². The minimum atomic E-state index is -0.517. The molecule has 0 amide bonds. The van der Waals surface area contributed by atoms with Crippen LogP contribution in [0.1, 0.15) is 19.4 Å². The van der Waals surface area contributed by atoms with Gasteiger partial charge in [0.05, 0.1) is 18.8 Å². The summed E-state index contributed by atoms with van der Waals surface area (Å²) in [7, 11) is 0. The van der Waals surface area contributed by atoms with Gasteiger partial charge in [0.15, 0.2) is 0 Å². The second-order valence-corrected chi connectivity index (χ2v) is 4.21. The van der Waals surface area contributed by atoms with E-state index < -0.39 is 11.6 Å². The fourth-order valence-corrected chi connectivity index (χ4v) is 1.83. The van der Waals surface area contributed by atoms with Crippen LogP contribution in [-0.2, 0) is 9.53 Å². The molecular formula is C16H16O5. The van der Waals surface area contributed by atoms with Crippen molar-refractivity contribution in [2.45, 2.75) is 13.8 Å². The molecule has 0 bridgehead atoms. The molecule has 0 spiro atoms. The largest absolute Gasteiger partial charge is 0.494 e. The second-order valence-electron chi connectivity index (χ2n) is 4.21. The molecule has 0 aliphatic heterocycles. The molecule has 0 atom stereocenters. The van der Waals surface area contributed by atoms with E-state index in [0.717, 1.165) is 5.39 Å². The first-order valence-electron chi connectivity index (χ1n) is 6.69. The highest BCUT2D eigenvalue weighted by atomic mass is 16.5. The molecule has 2 rings (SSSR count).